The highest BCUT2D eigenvalue weighted by molar-refractivity contribution is 8.00. The van der Waals surface area contributed by atoms with E-state index in [0.717, 1.165) is 31.4 Å². The van der Waals surface area contributed by atoms with Crippen LogP contribution < -0.4 is 0 Å². The molecule has 9 atom stereocenters. The Balaban J connectivity index is 2.13. The predicted octanol–water partition coefficient (Wildman–Crippen LogP) is 0.635. The number of hydrogen-bond acceptors (Lipinski definition) is 9. The van der Waals surface area contributed by atoms with Crippen molar-refractivity contribution in [1.29, 1.82) is 0 Å². The SMILES string of the molecule is O=C(O)CCCCCS[C@@H]1[C@@H](/C=C/[C@@](O)(C2CCCC2)C(O)C(O)C(O)C(O)CO)[C@H](O)C[C@@H]1Cl. The molecule has 0 amide bonds. The summed E-state index contributed by atoms with van der Waals surface area (Å²) in [5.41, 5.74) is -1.91. The highest BCUT2D eigenvalue weighted by atomic mass is 35.5. The van der Waals surface area contributed by atoms with Crippen LogP contribution in [-0.4, -0.2) is 106 Å². The molecule has 2 rings (SSSR count). The number of unbranched alkanes of at least 4 members (excludes halogenated alkanes) is 2. The molecule has 2 aliphatic rings. The molecular formula is C24H41ClO9S. The molecule has 4 unspecified atom stereocenters. The van der Waals surface area contributed by atoms with Gasteiger partial charge >= 0.3 is 5.97 Å². The van der Waals surface area contributed by atoms with Crippen molar-refractivity contribution >= 4 is 29.3 Å². The number of aliphatic hydroxyl groups excluding tert-OH is 6. The largest absolute Gasteiger partial charge is 0.481 e. The van der Waals surface area contributed by atoms with Crippen LogP contribution in [0.5, 0.6) is 0 Å². The maximum atomic E-state index is 11.5. The summed E-state index contributed by atoms with van der Waals surface area (Å²) < 4.78 is 0. The van der Waals surface area contributed by atoms with Gasteiger partial charge < -0.3 is 40.9 Å². The molecule has 0 spiro atoms. The van der Waals surface area contributed by atoms with Crippen LogP contribution in [0.25, 0.3) is 0 Å². The summed E-state index contributed by atoms with van der Waals surface area (Å²) in [6.45, 7) is -0.816. The molecule has 2 aliphatic carbocycles. The molecule has 9 nitrogen and oxygen atoms in total. The van der Waals surface area contributed by atoms with Crippen LogP contribution in [0.4, 0.5) is 0 Å². The summed E-state index contributed by atoms with van der Waals surface area (Å²) in [4.78, 5) is 10.6. The fourth-order valence-electron chi connectivity index (χ4n) is 5.14. The lowest BCUT2D eigenvalue weighted by Crippen LogP contribution is -2.57. The van der Waals surface area contributed by atoms with E-state index in [2.05, 4.69) is 0 Å². The number of carboxylic acids is 1. The van der Waals surface area contributed by atoms with Gasteiger partial charge in [-0.1, -0.05) is 31.4 Å². The first-order chi connectivity index (χ1) is 16.5. The number of aliphatic carboxylic acids is 1. The molecule has 11 heteroatoms. The van der Waals surface area contributed by atoms with Crippen LogP contribution in [0.2, 0.25) is 0 Å². The van der Waals surface area contributed by atoms with E-state index in [1.807, 2.05) is 0 Å². The normalized spacial score (nSPS) is 30.9. The number of carboxylic acid groups (broad SMARTS) is 1. The van der Waals surface area contributed by atoms with E-state index >= 15 is 0 Å². The zero-order chi connectivity index (χ0) is 26.2. The summed E-state index contributed by atoms with van der Waals surface area (Å²) in [5.74, 6) is -0.883. The lowest BCUT2D eigenvalue weighted by atomic mass is 9.77. The first kappa shape index (κ1) is 30.8. The smallest absolute Gasteiger partial charge is 0.303 e. The Hall–Kier alpha value is -0.430. The van der Waals surface area contributed by atoms with Crippen molar-refractivity contribution in [1.82, 2.24) is 0 Å². The second-order valence-corrected chi connectivity index (χ2v) is 11.7. The van der Waals surface area contributed by atoms with Gasteiger partial charge in [0.25, 0.3) is 0 Å². The molecule has 0 heterocycles. The van der Waals surface area contributed by atoms with Gasteiger partial charge in [0.15, 0.2) is 0 Å². The van der Waals surface area contributed by atoms with E-state index < -0.39 is 60.5 Å². The Kier molecular flexibility index (Phi) is 12.8. The minimum absolute atomic E-state index is 0.133. The predicted molar refractivity (Wildman–Crippen MR) is 133 cm³/mol. The van der Waals surface area contributed by atoms with Crippen molar-refractivity contribution in [3.63, 3.8) is 0 Å². The van der Waals surface area contributed by atoms with Crippen LogP contribution in [0.1, 0.15) is 57.8 Å². The van der Waals surface area contributed by atoms with Crippen molar-refractivity contribution in [2.75, 3.05) is 12.4 Å². The quantitative estimate of drug-likeness (QED) is 0.0834. The third-order valence-corrected chi connectivity index (χ3v) is 9.47. The van der Waals surface area contributed by atoms with Crippen LogP contribution in [0.3, 0.4) is 0 Å². The van der Waals surface area contributed by atoms with E-state index in [0.29, 0.717) is 25.7 Å². The second kappa shape index (κ2) is 14.5. The third kappa shape index (κ3) is 8.28. The molecule has 0 aromatic heterocycles. The number of carbonyl (C=O) groups is 1. The van der Waals surface area contributed by atoms with E-state index in [1.165, 1.54) is 6.08 Å². The Bertz CT molecular complexity index is 677. The molecule has 2 saturated carbocycles. The standard InChI is InChI=1S/C24H41ClO9S/c25-16-12-17(27)15(22(16)35-11-5-1-2-8-19(29)30)9-10-24(34,14-6-3-4-7-14)23(33)21(32)20(31)18(28)13-26/h9-10,14-18,20-23,26-28,31-34H,1-8,11-13H2,(H,29,30)/b10-9+/t15-,16-,17+,18?,20?,21?,22+,23?,24+/m0/s1. The topological polar surface area (TPSA) is 179 Å². The first-order valence-corrected chi connectivity index (χ1v) is 13.9. The molecule has 2 fully saturated rings. The van der Waals surface area contributed by atoms with Gasteiger partial charge in [-0.15, -0.1) is 11.6 Å². The molecule has 0 bridgehead atoms. The average Bonchev–Trinajstić information content (AvgIpc) is 3.46. The van der Waals surface area contributed by atoms with Gasteiger partial charge in [0.1, 0.15) is 30.0 Å². The van der Waals surface area contributed by atoms with Crippen molar-refractivity contribution in [3.05, 3.63) is 12.2 Å². The number of alkyl halides is 1. The molecule has 0 aromatic carbocycles. The van der Waals surface area contributed by atoms with Crippen LogP contribution in [0, 0.1) is 11.8 Å². The fourth-order valence-corrected chi connectivity index (χ4v) is 7.16. The zero-order valence-electron chi connectivity index (χ0n) is 19.9. The van der Waals surface area contributed by atoms with Crippen molar-refractivity contribution in [2.24, 2.45) is 11.8 Å². The van der Waals surface area contributed by atoms with Gasteiger partial charge in [-0.25, -0.2) is 0 Å². The van der Waals surface area contributed by atoms with Crippen molar-refractivity contribution < 1.29 is 45.6 Å². The summed E-state index contributed by atoms with van der Waals surface area (Å²) >= 11 is 8.09. The van der Waals surface area contributed by atoms with Gasteiger partial charge in [-0.05, 0) is 43.8 Å². The highest BCUT2D eigenvalue weighted by Crippen LogP contribution is 2.43. The summed E-state index contributed by atoms with van der Waals surface area (Å²) in [6.07, 6.45) is 0.564. The summed E-state index contributed by atoms with van der Waals surface area (Å²) in [5, 5.41) is 80.7. The number of rotatable bonds is 15. The Morgan fingerprint density at radius 1 is 1.09 bits per heavy atom. The lowest BCUT2D eigenvalue weighted by molar-refractivity contribution is -0.172. The maximum Gasteiger partial charge on any atom is 0.303 e. The van der Waals surface area contributed by atoms with Gasteiger partial charge in [-0.3, -0.25) is 4.79 Å². The molecule has 204 valence electrons. The number of hydrogen-bond donors (Lipinski definition) is 8. The second-order valence-electron chi connectivity index (χ2n) is 9.84. The van der Waals surface area contributed by atoms with Gasteiger partial charge in [0.2, 0.25) is 0 Å². The molecule has 35 heavy (non-hydrogen) atoms. The van der Waals surface area contributed by atoms with Gasteiger partial charge in [0.05, 0.1) is 12.7 Å². The van der Waals surface area contributed by atoms with Gasteiger partial charge in [-0.2, -0.15) is 11.8 Å². The maximum absolute atomic E-state index is 11.5. The Labute approximate surface area is 215 Å². The molecule has 0 saturated heterocycles. The van der Waals surface area contributed by atoms with Crippen LogP contribution in [0.15, 0.2) is 12.2 Å². The first-order valence-electron chi connectivity index (χ1n) is 12.4. The molecular weight excluding hydrogens is 500 g/mol. The highest BCUT2D eigenvalue weighted by Gasteiger charge is 2.49. The Morgan fingerprint density at radius 3 is 2.34 bits per heavy atom. The minimum atomic E-state index is -1.91. The van der Waals surface area contributed by atoms with E-state index in [1.54, 1.807) is 17.8 Å². The number of aliphatic hydroxyl groups is 7. The number of thioether (sulfide) groups is 1. The summed E-state index contributed by atoms with van der Waals surface area (Å²) in [7, 11) is 0. The molecule has 8 N–H and O–H groups in total. The Morgan fingerprint density at radius 2 is 1.74 bits per heavy atom. The van der Waals surface area contributed by atoms with E-state index in [4.69, 9.17) is 21.8 Å². The van der Waals surface area contributed by atoms with Gasteiger partial charge in [0, 0.05) is 23.0 Å². The summed E-state index contributed by atoms with van der Waals surface area (Å²) in [6, 6.07) is 0. The van der Waals surface area contributed by atoms with Crippen molar-refractivity contribution in [3.8, 4) is 0 Å². The van der Waals surface area contributed by atoms with Crippen molar-refractivity contribution in [2.45, 2.75) is 105 Å². The van der Waals surface area contributed by atoms with E-state index in [-0.39, 0.29) is 17.0 Å². The van der Waals surface area contributed by atoms with Crippen LogP contribution in [-0.2, 0) is 4.79 Å². The monoisotopic (exact) mass is 540 g/mol. The lowest BCUT2D eigenvalue weighted by Gasteiger charge is -2.40. The fraction of sp³-hybridized carbons (Fsp3) is 0.875. The third-order valence-electron chi connectivity index (χ3n) is 7.32. The molecule has 0 aromatic rings. The average molecular weight is 541 g/mol. The van der Waals surface area contributed by atoms with Crippen LogP contribution >= 0.6 is 23.4 Å². The van der Waals surface area contributed by atoms with E-state index in [9.17, 15) is 35.4 Å². The number of halogens is 1. The molecule has 0 aliphatic heterocycles. The minimum Gasteiger partial charge on any atom is -0.481 e. The molecule has 0 radical (unpaired) electrons. The zero-order valence-corrected chi connectivity index (χ0v) is 21.5.